The van der Waals surface area contributed by atoms with Crippen molar-refractivity contribution in [2.24, 2.45) is 5.73 Å². The van der Waals surface area contributed by atoms with Gasteiger partial charge in [-0.2, -0.15) is 0 Å². The summed E-state index contributed by atoms with van der Waals surface area (Å²) in [5.74, 6) is 0. The number of nitrogens with zero attached hydrogens (tertiary/aromatic N) is 1. The highest BCUT2D eigenvalue weighted by Gasteiger charge is 2.38. The van der Waals surface area contributed by atoms with Crippen LogP contribution in [0, 0.1) is 0 Å². The molecule has 0 aliphatic carbocycles. The largest absolute Gasteiger partial charge is 0.349 e. The summed E-state index contributed by atoms with van der Waals surface area (Å²) in [6.45, 7) is 20.4. The summed E-state index contributed by atoms with van der Waals surface area (Å²) in [4.78, 5) is 2.65. The molecule has 2 heterocycles. The van der Waals surface area contributed by atoms with Gasteiger partial charge in [0, 0.05) is 52.9 Å². The number of nitrogens with one attached hydrogen (secondary N) is 2. The zero-order valence-corrected chi connectivity index (χ0v) is 19.8. The first-order chi connectivity index (χ1) is 12.7. The lowest BCUT2D eigenvalue weighted by Crippen LogP contribution is -2.57. The number of rotatable bonds is 8. The van der Waals surface area contributed by atoms with Crippen LogP contribution in [0.4, 0.5) is 0 Å². The summed E-state index contributed by atoms with van der Waals surface area (Å²) in [6, 6.07) is 0. The quantitative estimate of drug-likeness (QED) is 0.527. The first-order valence-corrected chi connectivity index (χ1v) is 11.2. The highest BCUT2D eigenvalue weighted by Crippen LogP contribution is 2.36. The van der Waals surface area contributed by atoms with E-state index in [4.69, 9.17) is 5.73 Å². The zero-order valence-electron chi connectivity index (χ0n) is 19.8. The molecule has 2 aliphatic rings. The van der Waals surface area contributed by atoms with E-state index in [1.807, 2.05) is 0 Å². The van der Waals surface area contributed by atoms with Crippen molar-refractivity contribution in [1.29, 1.82) is 0 Å². The first kappa shape index (κ1) is 23.4. The van der Waals surface area contributed by atoms with Crippen molar-refractivity contribution < 1.29 is 0 Å². The minimum Gasteiger partial charge on any atom is -0.349 e. The Hall–Kier alpha value is -0.840. The summed E-state index contributed by atoms with van der Waals surface area (Å²) in [6.07, 6.45) is 11.9. The molecule has 28 heavy (non-hydrogen) atoms. The fourth-order valence-electron chi connectivity index (χ4n) is 5.33. The van der Waals surface area contributed by atoms with E-state index in [0.717, 1.165) is 32.4 Å². The van der Waals surface area contributed by atoms with E-state index in [0.29, 0.717) is 0 Å². The topological polar surface area (TPSA) is 53.3 Å². The lowest BCUT2D eigenvalue weighted by molar-refractivity contribution is 0.217. The second-order valence-corrected chi connectivity index (χ2v) is 11.4. The minimum atomic E-state index is 0.00734. The smallest absolute Gasteiger partial charge is 0.0331 e. The van der Waals surface area contributed by atoms with Crippen molar-refractivity contribution in [3.8, 4) is 0 Å². The Morgan fingerprint density at radius 3 is 1.57 bits per heavy atom. The van der Waals surface area contributed by atoms with Gasteiger partial charge in [0.2, 0.25) is 0 Å². The maximum Gasteiger partial charge on any atom is 0.0331 e. The molecule has 4 nitrogen and oxygen atoms in total. The highest BCUT2D eigenvalue weighted by molar-refractivity contribution is 5.28. The van der Waals surface area contributed by atoms with Crippen LogP contribution in [0.25, 0.3) is 0 Å². The molecule has 2 aliphatic heterocycles. The molecule has 4 N–H and O–H groups in total. The zero-order chi connectivity index (χ0) is 21.2. The second-order valence-electron chi connectivity index (χ2n) is 11.4. The van der Waals surface area contributed by atoms with E-state index < -0.39 is 0 Å². The monoisotopic (exact) mass is 390 g/mol. The van der Waals surface area contributed by atoms with Crippen LogP contribution < -0.4 is 16.4 Å². The van der Waals surface area contributed by atoms with Gasteiger partial charge in [-0.1, -0.05) is 12.8 Å². The molecular weight excluding hydrogens is 344 g/mol. The lowest BCUT2D eigenvalue weighted by atomic mass is 9.83. The molecule has 0 unspecified atom stereocenters. The molecule has 2 rings (SSSR count). The van der Waals surface area contributed by atoms with Crippen molar-refractivity contribution in [3.05, 3.63) is 23.5 Å². The van der Waals surface area contributed by atoms with Crippen LogP contribution in [0.2, 0.25) is 0 Å². The minimum absolute atomic E-state index is 0.00734. The second kappa shape index (κ2) is 8.49. The Labute approximate surface area is 174 Å². The van der Waals surface area contributed by atoms with Crippen LogP contribution >= 0.6 is 0 Å². The predicted octanol–water partition coefficient (Wildman–Crippen LogP) is 4.68. The standard InChI is InChI=1S/C24H46N4/c1-21(2)15-19(16-22(3,4)26-21)28(14-12-10-9-11-13-25)20-17-23(5,6)27-24(7,8)18-20/h15,17,26-27H,9-14,16,18,25H2,1-8H3. The Kier molecular flexibility index (Phi) is 7.11. The third kappa shape index (κ3) is 6.89. The molecule has 0 aromatic rings. The maximum atomic E-state index is 5.68. The van der Waals surface area contributed by atoms with Gasteiger partial charge in [-0.25, -0.2) is 0 Å². The van der Waals surface area contributed by atoms with Crippen molar-refractivity contribution in [1.82, 2.24) is 15.5 Å². The normalized spacial score (nSPS) is 25.0. The maximum absolute atomic E-state index is 5.68. The van der Waals surface area contributed by atoms with Crippen LogP contribution in [0.5, 0.6) is 0 Å². The van der Waals surface area contributed by atoms with Crippen molar-refractivity contribution >= 4 is 0 Å². The average Bonchev–Trinajstić information content (AvgIpc) is 2.44. The van der Waals surface area contributed by atoms with Gasteiger partial charge in [-0.3, -0.25) is 0 Å². The van der Waals surface area contributed by atoms with E-state index in [1.54, 1.807) is 0 Å². The number of hydrogen-bond donors (Lipinski definition) is 3. The van der Waals surface area contributed by atoms with Gasteiger partial charge >= 0.3 is 0 Å². The Bertz CT molecular complexity index is 550. The predicted molar refractivity (Wildman–Crippen MR) is 122 cm³/mol. The van der Waals surface area contributed by atoms with Gasteiger partial charge in [0.15, 0.2) is 0 Å². The Morgan fingerprint density at radius 2 is 1.18 bits per heavy atom. The average molecular weight is 391 g/mol. The van der Waals surface area contributed by atoms with E-state index in [2.05, 4.69) is 83.1 Å². The van der Waals surface area contributed by atoms with E-state index in [9.17, 15) is 0 Å². The Balaban J connectivity index is 2.32. The summed E-state index contributed by atoms with van der Waals surface area (Å²) in [7, 11) is 0. The SMILES string of the molecule is CC1(C)C=C(N(CCCCCCN)C2=CC(C)(C)NC(C)(C)C2)CC(C)(C)N1. The fourth-order valence-corrected chi connectivity index (χ4v) is 5.33. The molecule has 4 heteroatoms. The van der Waals surface area contributed by atoms with Gasteiger partial charge in [0.25, 0.3) is 0 Å². The van der Waals surface area contributed by atoms with Crippen LogP contribution in [0.15, 0.2) is 23.5 Å². The molecule has 0 atom stereocenters. The molecular formula is C24H46N4. The van der Waals surface area contributed by atoms with Crippen LogP contribution in [0.3, 0.4) is 0 Å². The molecule has 0 aromatic carbocycles. The van der Waals surface area contributed by atoms with Gasteiger partial charge in [0.05, 0.1) is 0 Å². The number of unbranched alkanes of at least 4 members (excludes halogenated alkanes) is 3. The summed E-state index contributed by atoms with van der Waals surface area (Å²) >= 11 is 0. The highest BCUT2D eigenvalue weighted by atomic mass is 15.2. The molecule has 162 valence electrons. The third-order valence-corrected chi connectivity index (χ3v) is 5.65. The third-order valence-electron chi connectivity index (χ3n) is 5.65. The van der Waals surface area contributed by atoms with Crippen molar-refractivity contribution in [2.45, 2.75) is 116 Å². The number of hydrogen-bond acceptors (Lipinski definition) is 4. The fraction of sp³-hybridized carbons (Fsp3) is 0.833. The summed E-state index contributed by atoms with van der Waals surface area (Å²) in [5, 5.41) is 7.57. The van der Waals surface area contributed by atoms with E-state index in [1.165, 1.54) is 30.7 Å². The van der Waals surface area contributed by atoms with Gasteiger partial charge in [0.1, 0.15) is 0 Å². The molecule has 0 saturated heterocycles. The van der Waals surface area contributed by atoms with E-state index in [-0.39, 0.29) is 22.2 Å². The van der Waals surface area contributed by atoms with E-state index >= 15 is 0 Å². The van der Waals surface area contributed by atoms with Crippen LogP contribution in [0.1, 0.15) is 93.9 Å². The Morgan fingerprint density at radius 1 is 0.750 bits per heavy atom. The molecule has 0 radical (unpaired) electrons. The molecule has 0 spiro atoms. The lowest BCUT2D eigenvalue weighted by Gasteiger charge is -2.48. The van der Waals surface area contributed by atoms with Crippen molar-refractivity contribution in [3.63, 3.8) is 0 Å². The summed E-state index contributed by atoms with van der Waals surface area (Å²) in [5.41, 5.74) is 8.86. The molecule has 0 aromatic heterocycles. The van der Waals surface area contributed by atoms with Gasteiger partial charge in [-0.05, 0) is 86.9 Å². The van der Waals surface area contributed by atoms with Gasteiger partial charge < -0.3 is 21.3 Å². The van der Waals surface area contributed by atoms with Gasteiger partial charge in [-0.15, -0.1) is 0 Å². The van der Waals surface area contributed by atoms with Crippen LogP contribution in [-0.4, -0.2) is 40.1 Å². The number of nitrogens with two attached hydrogens (primary N) is 1. The van der Waals surface area contributed by atoms with Crippen LogP contribution in [-0.2, 0) is 0 Å². The van der Waals surface area contributed by atoms with Crippen molar-refractivity contribution in [2.75, 3.05) is 13.1 Å². The molecule has 0 bridgehead atoms. The molecule has 0 amide bonds. The first-order valence-electron chi connectivity index (χ1n) is 11.2. The summed E-state index contributed by atoms with van der Waals surface area (Å²) < 4.78 is 0. The molecule has 0 saturated carbocycles. The molecule has 0 fully saturated rings.